The molecule has 7 heteroatoms. The third-order valence-corrected chi connectivity index (χ3v) is 5.34. The lowest BCUT2D eigenvalue weighted by Gasteiger charge is -2.30. The van der Waals surface area contributed by atoms with Gasteiger partial charge in [0.25, 0.3) is 0 Å². The van der Waals surface area contributed by atoms with Gasteiger partial charge >= 0.3 is 0 Å². The number of Topliss-reactive ketones (excluding diaryl/α,β-unsaturated/α-hetero) is 1. The number of nitrogens with zero attached hydrogens (tertiary/aromatic N) is 2. The highest BCUT2D eigenvalue weighted by Crippen LogP contribution is 2.18. The van der Waals surface area contributed by atoms with E-state index in [0.29, 0.717) is 44.7 Å². The molecule has 3 rings (SSSR count). The monoisotopic (exact) mass is 385 g/mol. The van der Waals surface area contributed by atoms with Crippen molar-refractivity contribution in [3.8, 4) is 0 Å². The number of anilines is 1. The number of nitrogens with one attached hydrogen (secondary N) is 1. The van der Waals surface area contributed by atoms with Crippen LogP contribution in [-0.4, -0.2) is 68.4 Å². The van der Waals surface area contributed by atoms with Crippen LogP contribution in [-0.2, 0) is 14.3 Å². The van der Waals surface area contributed by atoms with Gasteiger partial charge in [-0.25, -0.2) is 0 Å². The number of ether oxygens (including phenoxy) is 1. The fraction of sp³-hybridized carbons (Fsp3) is 0.476. The fourth-order valence-electron chi connectivity index (χ4n) is 3.58. The van der Waals surface area contributed by atoms with Gasteiger partial charge in [0.15, 0.2) is 5.78 Å². The Morgan fingerprint density at radius 2 is 1.71 bits per heavy atom. The van der Waals surface area contributed by atoms with E-state index in [-0.39, 0.29) is 30.1 Å². The molecule has 150 valence electrons. The maximum absolute atomic E-state index is 12.4. The standard InChI is InChI=1S/C21H27N3O4/c1-2-20(26)24-9-7-17(8-10-24)21(27)22-15-19(25)16-3-5-18(6-4-16)23-11-13-28-14-12-23/h2-6,17H,1,7-15H2,(H,22,27). The van der Waals surface area contributed by atoms with Crippen LogP contribution in [0.1, 0.15) is 23.2 Å². The van der Waals surface area contributed by atoms with E-state index in [1.807, 2.05) is 12.1 Å². The minimum Gasteiger partial charge on any atom is -0.378 e. The van der Waals surface area contributed by atoms with Crippen molar-refractivity contribution in [2.24, 2.45) is 5.92 Å². The number of carbonyl (C=O) groups is 3. The predicted molar refractivity (Wildman–Crippen MR) is 106 cm³/mol. The summed E-state index contributed by atoms with van der Waals surface area (Å²) in [7, 11) is 0. The first-order valence-electron chi connectivity index (χ1n) is 9.73. The van der Waals surface area contributed by atoms with Gasteiger partial charge in [0.05, 0.1) is 19.8 Å². The van der Waals surface area contributed by atoms with E-state index in [2.05, 4.69) is 16.8 Å². The maximum Gasteiger partial charge on any atom is 0.245 e. The zero-order valence-electron chi connectivity index (χ0n) is 16.1. The van der Waals surface area contributed by atoms with E-state index in [1.54, 1.807) is 17.0 Å². The van der Waals surface area contributed by atoms with Crippen molar-refractivity contribution in [3.05, 3.63) is 42.5 Å². The molecule has 2 heterocycles. The highest BCUT2D eigenvalue weighted by molar-refractivity contribution is 5.99. The van der Waals surface area contributed by atoms with Crippen LogP contribution in [0, 0.1) is 5.92 Å². The summed E-state index contributed by atoms with van der Waals surface area (Å²) < 4.78 is 5.35. The first kappa shape index (κ1) is 20.1. The van der Waals surface area contributed by atoms with Crippen LogP contribution in [0.3, 0.4) is 0 Å². The summed E-state index contributed by atoms with van der Waals surface area (Å²) in [6, 6.07) is 7.48. The summed E-state index contributed by atoms with van der Waals surface area (Å²) in [6.07, 6.45) is 2.51. The first-order valence-corrected chi connectivity index (χ1v) is 9.73. The molecule has 2 aliphatic heterocycles. The lowest BCUT2D eigenvalue weighted by molar-refractivity contribution is -0.132. The summed E-state index contributed by atoms with van der Waals surface area (Å²) in [5, 5.41) is 2.75. The van der Waals surface area contributed by atoms with Crippen LogP contribution in [0.4, 0.5) is 5.69 Å². The Morgan fingerprint density at radius 1 is 1.07 bits per heavy atom. The van der Waals surface area contributed by atoms with Crippen LogP contribution in [0.25, 0.3) is 0 Å². The molecule has 0 spiro atoms. The van der Waals surface area contributed by atoms with Crippen molar-refractivity contribution >= 4 is 23.3 Å². The van der Waals surface area contributed by atoms with Crippen molar-refractivity contribution < 1.29 is 19.1 Å². The number of likely N-dealkylation sites (tertiary alicyclic amines) is 1. The van der Waals surface area contributed by atoms with Gasteiger partial charge < -0.3 is 19.9 Å². The van der Waals surface area contributed by atoms with Gasteiger partial charge in [-0.05, 0) is 43.2 Å². The number of hydrogen-bond acceptors (Lipinski definition) is 5. The number of rotatable bonds is 6. The second kappa shape index (κ2) is 9.50. The molecule has 2 aliphatic rings. The molecule has 2 saturated heterocycles. The van der Waals surface area contributed by atoms with Gasteiger partial charge in [0, 0.05) is 43.3 Å². The van der Waals surface area contributed by atoms with Gasteiger partial charge in [-0.15, -0.1) is 0 Å². The lowest BCUT2D eigenvalue weighted by Crippen LogP contribution is -2.43. The Labute approximate surface area is 165 Å². The fourth-order valence-corrected chi connectivity index (χ4v) is 3.58. The number of benzene rings is 1. The van der Waals surface area contributed by atoms with E-state index in [4.69, 9.17) is 4.74 Å². The Kier molecular flexibility index (Phi) is 6.81. The molecule has 1 aromatic carbocycles. The van der Waals surface area contributed by atoms with Crippen LogP contribution in [0.2, 0.25) is 0 Å². The second-order valence-electron chi connectivity index (χ2n) is 7.09. The van der Waals surface area contributed by atoms with Crippen molar-refractivity contribution in [1.29, 1.82) is 0 Å². The first-order chi connectivity index (χ1) is 13.6. The molecule has 0 aromatic heterocycles. The van der Waals surface area contributed by atoms with Gasteiger partial charge in [-0.2, -0.15) is 0 Å². The van der Waals surface area contributed by atoms with Gasteiger partial charge in [-0.1, -0.05) is 6.58 Å². The molecule has 7 nitrogen and oxygen atoms in total. The summed E-state index contributed by atoms with van der Waals surface area (Å²) in [5.41, 5.74) is 1.66. The highest BCUT2D eigenvalue weighted by Gasteiger charge is 2.26. The summed E-state index contributed by atoms with van der Waals surface area (Å²) >= 11 is 0. The topological polar surface area (TPSA) is 79.0 Å². The van der Waals surface area contributed by atoms with Crippen molar-refractivity contribution in [2.75, 3.05) is 50.8 Å². The van der Waals surface area contributed by atoms with Crippen LogP contribution >= 0.6 is 0 Å². The number of morpholine rings is 1. The average molecular weight is 385 g/mol. The molecular formula is C21H27N3O4. The SMILES string of the molecule is C=CC(=O)N1CCC(C(=O)NCC(=O)c2ccc(N3CCOCC3)cc2)CC1. The van der Waals surface area contributed by atoms with E-state index >= 15 is 0 Å². The Balaban J connectivity index is 1.45. The van der Waals surface area contributed by atoms with E-state index in [0.717, 1.165) is 18.8 Å². The molecule has 0 atom stereocenters. The summed E-state index contributed by atoms with van der Waals surface area (Å²) in [5.74, 6) is -0.495. The Hall–Kier alpha value is -2.67. The molecule has 1 aromatic rings. The maximum atomic E-state index is 12.4. The smallest absolute Gasteiger partial charge is 0.245 e. The molecule has 0 radical (unpaired) electrons. The predicted octanol–water partition coefficient (Wildman–Crippen LogP) is 1.25. The molecular weight excluding hydrogens is 358 g/mol. The van der Waals surface area contributed by atoms with Crippen LogP contribution < -0.4 is 10.2 Å². The van der Waals surface area contributed by atoms with Gasteiger partial charge in [0.2, 0.25) is 11.8 Å². The number of piperidine rings is 1. The molecule has 0 bridgehead atoms. The third kappa shape index (κ3) is 4.98. The second-order valence-corrected chi connectivity index (χ2v) is 7.09. The average Bonchev–Trinajstić information content (AvgIpc) is 2.77. The van der Waals surface area contributed by atoms with Crippen molar-refractivity contribution in [1.82, 2.24) is 10.2 Å². The van der Waals surface area contributed by atoms with Gasteiger partial charge in [-0.3, -0.25) is 14.4 Å². The highest BCUT2D eigenvalue weighted by atomic mass is 16.5. The molecule has 0 unspecified atom stereocenters. The number of hydrogen-bond donors (Lipinski definition) is 1. The Morgan fingerprint density at radius 3 is 2.32 bits per heavy atom. The Bertz CT molecular complexity index is 718. The largest absolute Gasteiger partial charge is 0.378 e. The zero-order chi connectivity index (χ0) is 19.9. The molecule has 0 aliphatic carbocycles. The lowest BCUT2D eigenvalue weighted by atomic mass is 9.95. The van der Waals surface area contributed by atoms with Crippen molar-refractivity contribution in [3.63, 3.8) is 0 Å². The minimum atomic E-state index is -0.162. The van der Waals surface area contributed by atoms with Crippen LogP contribution in [0.15, 0.2) is 36.9 Å². The van der Waals surface area contributed by atoms with Crippen LogP contribution in [0.5, 0.6) is 0 Å². The number of amides is 2. The van der Waals surface area contributed by atoms with Crippen molar-refractivity contribution in [2.45, 2.75) is 12.8 Å². The summed E-state index contributed by atoms with van der Waals surface area (Å²) in [6.45, 7) is 7.68. The van der Waals surface area contributed by atoms with E-state index in [9.17, 15) is 14.4 Å². The normalized spacial score (nSPS) is 17.9. The molecule has 1 N–H and O–H groups in total. The third-order valence-electron chi connectivity index (χ3n) is 5.34. The molecule has 0 saturated carbocycles. The number of carbonyl (C=O) groups excluding carboxylic acids is 3. The van der Waals surface area contributed by atoms with E-state index in [1.165, 1.54) is 6.08 Å². The van der Waals surface area contributed by atoms with Gasteiger partial charge in [0.1, 0.15) is 0 Å². The zero-order valence-corrected chi connectivity index (χ0v) is 16.1. The van der Waals surface area contributed by atoms with E-state index < -0.39 is 0 Å². The molecule has 2 fully saturated rings. The summed E-state index contributed by atoms with van der Waals surface area (Å²) in [4.78, 5) is 40.2. The molecule has 2 amide bonds. The quantitative estimate of drug-likeness (QED) is 0.589. The molecule has 28 heavy (non-hydrogen) atoms. The minimum absolute atomic E-state index is 0.0124. The number of ketones is 1.